The molecule has 32 heavy (non-hydrogen) atoms. The highest BCUT2D eigenvalue weighted by Crippen LogP contribution is 2.30. The van der Waals surface area contributed by atoms with E-state index in [1.165, 1.54) is 46.3 Å². The van der Waals surface area contributed by atoms with Crippen LogP contribution in [-0.4, -0.2) is 50.0 Å². The minimum absolute atomic E-state index is 0.0250. The molecular weight excluding hydrogens is 460 g/mol. The zero-order valence-corrected chi connectivity index (χ0v) is 19.0. The number of aromatic nitrogens is 1. The number of carbonyl (C=O) groups is 1. The Hall–Kier alpha value is -2.47. The van der Waals surface area contributed by atoms with Gasteiger partial charge in [-0.25, -0.2) is 17.2 Å². The predicted octanol–water partition coefficient (Wildman–Crippen LogP) is 3.15. The number of methoxy groups -OCH3 is 1. The van der Waals surface area contributed by atoms with Gasteiger partial charge in [-0.1, -0.05) is 11.3 Å². The van der Waals surface area contributed by atoms with Crippen molar-refractivity contribution in [3.05, 3.63) is 58.4 Å². The first-order chi connectivity index (χ1) is 15.2. The number of sulfonamides is 1. The Kier molecular flexibility index (Phi) is 6.26. The summed E-state index contributed by atoms with van der Waals surface area (Å²) in [5.74, 6) is -2.10. The van der Waals surface area contributed by atoms with Crippen LogP contribution < -0.4 is 4.80 Å². The Bertz CT molecular complexity index is 1340. The lowest BCUT2D eigenvalue weighted by atomic mass is 10.2. The largest absolute Gasteiger partial charge is 0.383 e. The molecule has 0 radical (unpaired) electrons. The van der Waals surface area contributed by atoms with Crippen LogP contribution >= 0.6 is 11.3 Å². The Morgan fingerprint density at radius 2 is 1.94 bits per heavy atom. The van der Waals surface area contributed by atoms with E-state index in [4.69, 9.17) is 4.74 Å². The van der Waals surface area contributed by atoms with Crippen LogP contribution in [-0.2, 0) is 21.3 Å². The molecule has 2 aromatic carbocycles. The van der Waals surface area contributed by atoms with Crippen LogP contribution in [0.4, 0.5) is 8.78 Å². The second-order valence-electron chi connectivity index (χ2n) is 7.46. The Labute approximate surface area is 187 Å². The molecule has 0 aliphatic heterocycles. The number of amides is 1. The van der Waals surface area contributed by atoms with Gasteiger partial charge in [0.15, 0.2) is 10.6 Å². The normalized spacial score (nSPS) is 15.1. The van der Waals surface area contributed by atoms with Crippen molar-refractivity contribution in [2.45, 2.75) is 30.3 Å². The molecule has 1 fully saturated rings. The van der Waals surface area contributed by atoms with E-state index in [0.29, 0.717) is 4.70 Å². The SMILES string of the molecule is COCCn1c(=NC(=O)c2ccc(S(=O)(=O)N(C)C3CC3)cc2)sc2cc(F)cc(F)c21. The smallest absolute Gasteiger partial charge is 0.279 e. The molecule has 11 heteroatoms. The summed E-state index contributed by atoms with van der Waals surface area (Å²) in [5, 5.41) is 0. The average Bonchev–Trinajstić information content (AvgIpc) is 3.54. The van der Waals surface area contributed by atoms with Gasteiger partial charge >= 0.3 is 0 Å². The van der Waals surface area contributed by atoms with Crippen LogP contribution in [0.1, 0.15) is 23.2 Å². The fraction of sp³-hybridized carbons (Fsp3) is 0.333. The first-order valence-electron chi connectivity index (χ1n) is 9.87. The molecule has 1 aliphatic rings. The van der Waals surface area contributed by atoms with Crippen molar-refractivity contribution < 1.29 is 26.7 Å². The molecule has 1 aromatic heterocycles. The van der Waals surface area contributed by atoms with Crippen LogP contribution in [0.15, 0.2) is 46.3 Å². The number of rotatable bonds is 7. The summed E-state index contributed by atoms with van der Waals surface area (Å²) in [7, 11) is -0.587. The van der Waals surface area contributed by atoms with E-state index in [-0.39, 0.29) is 40.0 Å². The van der Waals surface area contributed by atoms with Crippen LogP contribution in [0.3, 0.4) is 0 Å². The minimum atomic E-state index is -3.62. The van der Waals surface area contributed by atoms with Crippen LogP contribution in [0.5, 0.6) is 0 Å². The first-order valence-corrected chi connectivity index (χ1v) is 12.1. The molecular formula is C21H21F2N3O4S2. The van der Waals surface area contributed by atoms with Crippen LogP contribution in [0, 0.1) is 11.6 Å². The second-order valence-corrected chi connectivity index (χ2v) is 10.5. The zero-order valence-electron chi connectivity index (χ0n) is 17.4. The summed E-state index contributed by atoms with van der Waals surface area (Å²) in [6.07, 6.45) is 1.68. The van der Waals surface area contributed by atoms with E-state index in [1.807, 2.05) is 0 Å². The van der Waals surface area contributed by atoms with Gasteiger partial charge in [0.1, 0.15) is 5.82 Å². The van der Waals surface area contributed by atoms with Gasteiger partial charge in [-0.3, -0.25) is 4.79 Å². The van der Waals surface area contributed by atoms with E-state index in [0.717, 1.165) is 30.2 Å². The molecule has 1 amide bonds. The summed E-state index contributed by atoms with van der Waals surface area (Å²) in [4.78, 5) is 17.1. The molecule has 7 nitrogen and oxygen atoms in total. The molecule has 3 aromatic rings. The predicted molar refractivity (Wildman–Crippen MR) is 116 cm³/mol. The number of benzene rings is 2. The third-order valence-corrected chi connectivity index (χ3v) is 8.20. The fourth-order valence-corrected chi connectivity index (χ4v) is 5.84. The van der Waals surface area contributed by atoms with Crippen molar-refractivity contribution in [2.24, 2.45) is 4.99 Å². The average molecular weight is 482 g/mol. The quantitative estimate of drug-likeness (QED) is 0.519. The highest BCUT2D eigenvalue weighted by Gasteiger charge is 2.35. The Balaban J connectivity index is 1.69. The van der Waals surface area contributed by atoms with E-state index in [1.54, 1.807) is 7.05 Å². The Morgan fingerprint density at radius 3 is 2.56 bits per heavy atom. The molecule has 1 aliphatic carbocycles. The number of ether oxygens (including phenoxy) is 1. The first kappa shape index (κ1) is 22.7. The summed E-state index contributed by atoms with van der Waals surface area (Å²) in [6, 6.07) is 7.52. The third kappa shape index (κ3) is 4.38. The van der Waals surface area contributed by atoms with Gasteiger partial charge in [-0.05, 0) is 43.2 Å². The summed E-state index contributed by atoms with van der Waals surface area (Å²) in [5.41, 5.74) is 0.324. The van der Waals surface area contributed by atoms with E-state index < -0.39 is 27.6 Å². The molecule has 0 saturated heterocycles. The zero-order chi connectivity index (χ0) is 23.0. The van der Waals surface area contributed by atoms with E-state index in [9.17, 15) is 22.0 Å². The maximum absolute atomic E-state index is 14.4. The summed E-state index contributed by atoms with van der Waals surface area (Å²) in [6.45, 7) is 0.459. The summed E-state index contributed by atoms with van der Waals surface area (Å²) < 4.78 is 61.5. The van der Waals surface area contributed by atoms with Gasteiger partial charge < -0.3 is 9.30 Å². The topological polar surface area (TPSA) is 81.0 Å². The molecule has 170 valence electrons. The van der Waals surface area contributed by atoms with Crippen molar-refractivity contribution in [2.75, 3.05) is 20.8 Å². The van der Waals surface area contributed by atoms with Crippen molar-refractivity contribution >= 4 is 37.5 Å². The second kappa shape index (κ2) is 8.81. The number of thiazole rings is 1. The van der Waals surface area contributed by atoms with E-state index in [2.05, 4.69) is 4.99 Å². The van der Waals surface area contributed by atoms with Gasteiger partial charge in [-0.15, -0.1) is 0 Å². The number of fused-ring (bicyclic) bond motifs is 1. The number of nitrogens with zero attached hydrogens (tertiary/aromatic N) is 3. The molecule has 0 bridgehead atoms. The van der Waals surface area contributed by atoms with Crippen molar-refractivity contribution in [1.82, 2.24) is 8.87 Å². The third-order valence-electron chi connectivity index (χ3n) is 5.25. The van der Waals surface area contributed by atoms with Crippen LogP contribution in [0.2, 0.25) is 0 Å². The molecule has 0 unspecified atom stereocenters. The number of hydrogen-bond acceptors (Lipinski definition) is 5. The van der Waals surface area contributed by atoms with Gasteiger partial charge in [0.25, 0.3) is 5.91 Å². The number of hydrogen-bond donors (Lipinski definition) is 0. The molecule has 1 heterocycles. The minimum Gasteiger partial charge on any atom is -0.383 e. The highest BCUT2D eigenvalue weighted by atomic mass is 32.2. The highest BCUT2D eigenvalue weighted by molar-refractivity contribution is 7.89. The standard InChI is InChI=1S/C21H21F2N3O4S2/c1-25(15-5-6-15)32(28,29)16-7-3-13(4-8-16)20(27)24-21-26(9-10-30-2)19-17(23)11-14(22)12-18(19)31-21/h3-4,7-8,11-12,15H,5-6,9-10H2,1-2H3. The fourth-order valence-electron chi connectivity index (χ4n) is 3.33. The molecule has 4 rings (SSSR count). The number of carbonyl (C=O) groups excluding carboxylic acids is 1. The van der Waals surface area contributed by atoms with Gasteiger partial charge in [0.05, 0.1) is 21.7 Å². The molecule has 0 atom stereocenters. The lowest BCUT2D eigenvalue weighted by molar-refractivity contribution is 0.0997. The van der Waals surface area contributed by atoms with Crippen LogP contribution in [0.25, 0.3) is 10.2 Å². The van der Waals surface area contributed by atoms with Crippen molar-refractivity contribution in [1.29, 1.82) is 0 Å². The lowest BCUT2D eigenvalue weighted by Crippen LogP contribution is -2.28. The van der Waals surface area contributed by atoms with Crippen molar-refractivity contribution in [3.63, 3.8) is 0 Å². The molecule has 1 saturated carbocycles. The Morgan fingerprint density at radius 1 is 1.25 bits per heavy atom. The lowest BCUT2D eigenvalue weighted by Gasteiger charge is -2.16. The van der Waals surface area contributed by atoms with Gasteiger partial charge in [0.2, 0.25) is 10.0 Å². The number of halogens is 2. The van der Waals surface area contributed by atoms with Gasteiger partial charge in [-0.2, -0.15) is 9.30 Å². The summed E-state index contributed by atoms with van der Waals surface area (Å²) >= 11 is 0.984. The molecule has 0 N–H and O–H groups in total. The van der Waals surface area contributed by atoms with E-state index >= 15 is 0 Å². The van der Waals surface area contributed by atoms with Gasteiger partial charge in [0, 0.05) is 38.4 Å². The van der Waals surface area contributed by atoms with Crippen molar-refractivity contribution in [3.8, 4) is 0 Å². The maximum Gasteiger partial charge on any atom is 0.279 e. The molecule has 0 spiro atoms. The maximum atomic E-state index is 14.4. The monoisotopic (exact) mass is 481 g/mol.